The zero-order valence-electron chi connectivity index (χ0n) is 19.0. The number of amides is 1. The molecule has 0 radical (unpaired) electrons. The van der Waals surface area contributed by atoms with Crippen molar-refractivity contribution < 1.29 is 14.6 Å². The number of fused-ring (bicyclic) bond motifs is 1. The summed E-state index contributed by atoms with van der Waals surface area (Å²) in [7, 11) is 5.66. The molecule has 1 aliphatic heterocycles. The molecular weight excluding hydrogens is 388 g/mol. The van der Waals surface area contributed by atoms with Gasteiger partial charge in [0, 0.05) is 44.4 Å². The van der Waals surface area contributed by atoms with E-state index in [0.29, 0.717) is 31.2 Å². The average molecular weight is 423 g/mol. The second-order valence-corrected chi connectivity index (χ2v) is 9.53. The number of nitrogens with zero attached hydrogens (tertiary/aromatic N) is 2. The molecule has 5 heteroatoms. The van der Waals surface area contributed by atoms with Gasteiger partial charge < -0.3 is 19.6 Å². The number of likely N-dealkylation sites (tertiary alicyclic amines) is 1. The second kappa shape index (κ2) is 8.54. The minimum Gasteiger partial charge on any atom is -0.496 e. The maximum Gasteiger partial charge on any atom is 0.227 e. The van der Waals surface area contributed by atoms with Crippen LogP contribution in [-0.2, 0) is 16.8 Å². The Balaban J connectivity index is 1.58. The SMILES string of the molecule is COc1ccccc1[C@]1(O)C[C@H](C)C[C@H]2CN(C(=O)Cc3ccccc3N(C)C)C[C@H]21. The predicted molar refractivity (Wildman–Crippen MR) is 123 cm³/mol. The molecule has 1 N–H and O–H groups in total. The molecule has 1 saturated heterocycles. The Kier molecular flexibility index (Phi) is 5.98. The van der Waals surface area contributed by atoms with Crippen molar-refractivity contribution in [3.8, 4) is 5.75 Å². The van der Waals surface area contributed by atoms with E-state index < -0.39 is 5.60 Å². The van der Waals surface area contributed by atoms with Crippen LogP contribution in [0, 0.1) is 17.8 Å². The number of benzene rings is 2. The van der Waals surface area contributed by atoms with E-state index in [0.717, 1.165) is 35.5 Å². The lowest BCUT2D eigenvalue weighted by Gasteiger charge is -2.44. The van der Waals surface area contributed by atoms with Crippen molar-refractivity contribution in [2.75, 3.05) is 39.2 Å². The highest BCUT2D eigenvalue weighted by molar-refractivity contribution is 5.81. The third kappa shape index (κ3) is 4.03. The summed E-state index contributed by atoms with van der Waals surface area (Å²) in [6.07, 6.45) is 2.12. The topological polar surface area (TPSA) is 53.0 Å². The molecule has 0 aromatic heterocycles. The first-order chi connectivity index (χ1) is 14.8. The van der Waals surface area contributed by atoms with E-state index in [1.807, 2.05) is 61.5 Å². The van der Waals surface area contributed by atoms with Gasteiger partial charge in [0.2, 0.25) is 5.91 Å². The van der Waals surface area contributed by atoms with E-state index in [9.17, 15) is 9.90 Å². The summed E-state index contributed by atoms with van der Waals surface area (Å²) in [6.45, 7) is 3.51. The fourth-order valence-corrected chi connectivity index (χ4v) is 5.82. The quantitative estimate of drug-likeness (QED) is 0.798. The van der Waals surface area contributed by atoms with Crippen LogP contribution in [0.2, 0.25) is 0 Å². The van der Waals surface area contributed by atoms with Gasteiger partial charge in [0.25, 0.3) is 0 Å². The van der Waals surface area contributed by atoms with Crippen LogP contribution >= 0.6 is 0 Å². The number of anilines is 1. The molecule has 4 rings (SSSR count). The zero-order valence-corrected chi connectivity index (χ0v) is 19.0. The molecular formula is C26H34N2O3. The van der Waals surface area contributed by atoms with E-state index in [2.05, 4.69) is 17.9 Å². The van der Waals surface area contributed by atoms with Crippen molar-refractivity contribution in [3.63, 3.8) is 0 Å². The summed E-state index contributed by atoms with van der Waals surface area (Å²) in [5.74, 6) is 1.57. The molecule has 1 saturated carbocycles. The molecule has 166 valence electrons. The lowest BCUT2D eigenvalue weighted by Crippen LogP contribution is -2.45. The van der Waals surface area contributed by atoms with Crippen LogP contribution in [0.15, 0.2) is 48.5 Å². The van der Waals surface area contributed by atoms with Gasteiger partial charge in [0.1, 0.15) is 5.75 Å². The van der Waals surface area contributed by atoms with E-state index >= 15 is 0 Å². The van der Waals surface area contributed by atoms with Crippen LogP contribution in [0.1, 0.15) is 30.9 Å². The number of ether oxygens (including phenoxy) is 1. The Hall–Kier alpha value is -2.53. The predicted octanol–water partition coefficient (Wildman–Crippen LogP) is 3.70. The lowest BCUT2D eigenvalue weighted by molar-refractivity contribution is -0.130. The van der Waals surface area contributed by atoms with Crippen molar-refractivity contribution in [1.29, 1.82) is 0 Å². The van der Waals surface area contributed by atoms with Crippen LogP contribution in [-0.4, -0.2) is 50.2 Å². The molecule has 4 atom stereocenters. The highest BCUT2D eigenvalue weighted by Crippen LogP contribution is 2.52. The first-order valence-corrected chi connectivity index (χ1v) is 11.2. The Labute approximate surface area is 185 Å². The highest BCUT2D eigenvalue weighted by Gasteiger charge is 2.53. The van der Waals surface area contributed by atoms with Gasteiger partial charge in [-0.3, -0.25) is 4.79 Å². The molecule has 1 heterocycles. The number of methoxy groups -OCH3 is 1. The first-order valence-electron chi connectivity index (χ1n) is 11.2. The van der Waals surface area contributed by atoms with Crippen molar-refractivity contribution in [1.82, 2.24) is 4.90 Å². The molecule has 2 fully saturated rings. The standard InChI is InChI=1S/C26H34N2O3/c1-18-13-20-16-28(25(29)14-19-9-5-7-11-23(19)27(2)3)17-22(20)26(30,15-18)21-10-6-8-12-24(21)31-4/h5-12,18,20,22,30H,13-17H2,1-4H3/t18-,20+,22-,26-/m1/s1. The fourth-order valence-electron chi connectivity index (χ4n) is 5.82. The van der Waals surface area contributed by atoms with E-state index in [1.54, 1.807) is 7.11 Å². The molecule has 2 aromatic carbocycles. The van der Waals surface area contributed by atoms with Gasteiger partial charge in [-0.1, -0.05) is 43.3 Å². The van der Waals surface area contributed by atoms with Crippen LogP contribution in [0.4, 0.5) is 5.69 Å². The second-order valence-electron chi connectivity index (χ2n) is 9.53. The summed E-state index contributed by atoms with van der Waals surface area (Å²) in [6, 6.07) is 15.9. The van der Waals surface area contributed by atoms with E-state index in [-0.39, 0.29) is 11.8 Å². The maximum absolute atomic E-state index is 13.3. The lowest BCUT2D eigenvalue weighted by atomic mass is 9.64. The molecule has 31 heavy (non-hydrogen) atoms. The van der Waals surface area contributed by atoms with Gasteiger partial charge in [0.05, 0.1) is 19.1 Å². The van der Waals surface area contributed by atoms with Gasteiger partial charge in [-0.2, -0.15) is 0 Å². The Morgan fingerprint density at radius 1 is 1.16 bits per heavy atom. The van der Waals surface area contributed by atoms with Gasteiger partial charge in [-0.05, 0) is 42.4 Å². The molecule has 0 bridgehead atoms. The Bertz CT molecular complexity index is 944. The van der Waals surface area contributed by atoms with Crippen molar-refractivity contribution in [3.05, 3.63) is 59.7 Å². The van der Waals surface area contributed by atoms with E-state index in [4.69, 9.17) is 4.74 Å². The third-order valence-electron chi connectivity index (χ3n) is 7.16. The van der Waals surface area contributed by atoms with Crippen LogP contribution in [0.5, 0.6) is 5.75 Å². The molecule has 1 amide bonds. The van der Waals surface area contributed by atoms with Crippen molar-refractivity contribution in [2.24, 2.45) is 17.8 Å². The number of hydrogen-bond donors (Lipinski definition) is 1. The van der Waals surface area contributed by atoms with Crippen molar-refractivity contribution >= 4 is 11.6 Å². The highest BCUT2D eigenvalue weighted by atomic mass is 16.5. The largest absolute Gasteiger partial charge is 0.496 e. The molecule has 0 unspecified atom stereocenters. The van der Waals surface area contributed by atoms with Gasteiger partial charge in [-0.25, -0.2) is 0 Å². The van der Waals surface area contributed by atoms with Gasteiger partial charge >= 0.3 is 0 Å². The maximum atomic E-state index is 13.3. The minimum atomic E-state index is -0.981. The Morgan fingerprint density at radius 3 is 2.61 bits per heavy atom. The van der Waals surface area contributed by atoms with Crippen LogP contribution in [0.3, 0.4) is 0 Å². The summed E-state index contributed by atoms with van der Waals surface area (Å²) in [4.78, 5) is 17.3. The van der Waals surface area contributed by atoms with Crippen molar-refractivity contribution in [2.45, 2.75) is 31.8 Å². The number of para-hydroxylation sites is 2. The Morgan fingerprint density at radius 2 is 1.87 bits per heavy atom. The first kappa shape index (κ1) is 21.7. The summed E-state index contributed by atoms with van der Waals surface area (Å²) >= 11 is 0. The molecule has 1 aliphatic carbocycles. The zero-order chi connectivity index (χ0) is 22.2. The molecule has 0 spiro atoms. The fraction of sp³-hybridized carbons (Fsp3) is 0.500. The van der Waals surface area contributed by atoms with E-state index in [1.165, 1.54) is 0 Å². The van der Waals surface area contributed by atoms with Crippen LogP contribution in [0.25, 0.3) is 0 Å². The minimum absolute atomic E-state index is 0.0213. The summed E-state index contributed by atoms with van der Waals surface area (Å²) in [5.41, 5.74) is 1.99. The smallest absolute Gasteiger partial charge is 0.227 e. The normalized spacial score (nSPS) is 27.6. The summed E-state index contributed by atoms with van der Waals surface area (Å²) < 4.78 is 5.59. The number of carbonyl (C=O) groups excluding carboxylic acids is 1. The summed E-state index contributed by atoms with van der Waals surface area (Å²) in [5, 5.41) is 12.0. The monoisotopic (exact) mass is 422 g/mol. The number of rotatable bonds is 5. The van der Waals surface area contributed by atoms with Gasteiger partial charge in [0.15, 0.2) is 0 Å². The number of hydrogen-bond acceptors (Lipinski definition) is 4. The third-order valence-corrected chi connectivity index (χ3v) is 7.16. The molecule has 2 aliphatic rings. The number of carbonyl (C=O) groups is 1. The van der Waals surface area contributed by atoms with Gasteiger partial charge in [-0.15, -0.1) is 0 Å². The number of aliphatic hydroxyl groups is 1. The average Bonchev–Trinajstić information content (AvgIpc) is 3.19. The van der Waals surface area contributed by atoms with Crippen LogP contribution < -0.4 is 9.64 Å². The molecule has 5 nitrogen and oxygen atoms in total. The molecule has 2 aromatic rings.